The van der Waals surface area contributed by atoms with Crippen molar-refractivity contribution in [3.63, 3.8) is 0 Å². The molecule has 5 rings (SSSR count). The Hall–Kier alpha value is -3.32. The number of hydrogen-bond donors (Lipinski definition) is 0. The van der Waals surface area contributed by atoms with Crippen LogP contribution >= 0.6 is 0 Å². The molecule has 5 heteroatoms. The van der Waals surface area contributed by atoms with Crippen LogP contribution in [0.3, 0.4) is 0 Å². The van der Waals surface area contributed by atoms with E-state index in [-0.39, 0.29) is 24.4 Å². The van der Waals surface area contributed by atoms with Gasteiger partial charge in [-0.3, -0.25) is 0 Å². The zero-order chi connectivity index (χ0) is 28.1. The monoisotopic (exact) mass is 552 g/mol. The van der Waals surface area contributed by atoms with Gasteiger partial charge in [0.25, 0.3) is 0 Å². The predicted octanol–water partition coefficient (Wildman–Crippen LogP) is 7.14. The SMILES string of the molecule is CC[C@@H]1O[C@@H](COCc2ccccc2)[C@@H](OCc2ccccc2)[C@@H](OCc2ccccc2)[C@@H]1OCc1ccccc1. The molecule has 4 aromatic carbocycles. The minimum absolute atomic E-state index is 0.165. The molecule has 0 spiro atoms. The lowest BCUT2D eigenvalue weighted by Gasteiger charge is -2.46. The molecule has 1 saturated heterocycles. The average molecular weight is 553 g/mol. The third-order valence-electron chi connectivity index (χ3n) is 7.38. The van der Waals surface area contributed by atoms with Crippen LogP contribution in [0.5, 0.6) is 0 Å². The maximum Gasteiger partial charge on any atom is 0.115 e. The van der Waals surface area contributed by atoms with Crippen molar-refractivity contribution in [2.75, 3.05) is 6.61 Å². The van der Waals surface area contributed by atoms with E-state index in [0.717, 1.165) is 28.7 Å². The molecule has 1 fully saturated rings. The lowest BCUT2D eigenvalue weighted by atomic mass is 9.92. The summed E-state index contributed by atoms with van der Waals surface area (Å²) in [7, 11) is 0. The first-order valence-electron chi connectivity index (χ1n) is 14.5. The third kappa shape index (κ3) is 8.59. The topological polar surface area (TPSA) is 46.2 Å². The Balaban J connectivity index is 1.38. The van der Waals surface area contributed by atoms with Gasteiger partial charge in [0.2, 0.25) is 0 Å². The van der Waals surface area contributed by atoms with Crippen LogP contribution in [0.4, 0.5) is 0 Å². The summed E-state index contributed by atoms with van der Waals surface area (Å²) in [5.41, 5.74) is 4.43. The normalized spacial score (nSPS) is 22.4. The second-order valence-electron chi connectivity index (χ2n) is 10.4. The first kappa shape index (κ1) is 29.2. The van der Waals surface area contributed by atoms with Crippen molar-refractivity contribution >= 4 is 0 Å². The van der Waals surface area contributed by atoms with E-state index in [1.165, 1.54) is 0 Å². The van der Waals surface area contributed by atoms with E-state index in [1.54, 1.807) is 0 Å². The van der Waals surface area contributed by atoms with Crippen molar-refractivity contribution in [1.82, 2.24) is 0 Å². The number of ether oxygens (including phenoxy) is 5. The van der Waals surface area contributed by atoms with Crippen LogP contribution in [0.15, 0.2) is 121 Å². The van der Waals surface area contributed by atoms with Crippen LogP contribution in [0.25, 0.3) is 0 Å². The van der Waals surface area contributed by atoms with Gasteiger partial charge < -0.3 is 23.7 Å². The smallest absolute Gasteiger partial charge is 0.115 e. The first-order chi connectivity index (χ1) is 20.3. The molecule has 0 bridgehead atoms. The van der Waals surface area contributed by atoms with Crippen molar-refractivity contribution in [3.8, 4) is 0 Å². The van der Waals surface area contributed by atoms with E-state index in [0.29, 0.717) is 33.0 Å². The second-order valence-corrected chi connectivity index (χ2v) is 10.4. The molecule has 0 aromatic heterocycles. The molecule has 214 valence electrons. The summed E-state index contributed by atoms with van der Waals surface area (Å²) in [5, 5.41) is 0. The van der Waals surface area contributed by atoms with Gasteiger partial charge in [-0.05, 0) is 28.7 Å². The zero-order valence-electron chi connectivity index (χ0n) is 23.7. The van der Waals surface area contributed by atoms with E-state index in [1.807, 2.05) is 72.8 Å². The molecule has 41 heavy (non-hydrogen) atoms. The van der Waals surface area contributed by atoms with Crippen LogP contribution in [0.2, 0.25) is 0 Å². The lowest BCUT2D eigenvalue weighted by molar-refractivity contribution is -0.272. The van der Waals surface area contributed by atoms with Crippen molar-refractivity contribution in [3.05, 3.63) is 144 Å². The van der Waals surface area contributed by atoms with Crippen molar-refractivity contribution < 1.29 is 23.7 Å². The van der Waals surface area contributed by atoms with Crippen molar-refractivity contribution in [1.29, 1.82) is 0 Å². The molecule has 5 nitrogen and oxygen atoms in total. The Bertz CT molecular complexity index is 1250. The summed E-state index contributed by atoms with van der Waals surface area (Å²) in [4.78, 5) is 0. The second kappa shape index (κ2) is 15.6. The molecule has 4 aromatic rings. The maximum absolute atomic E-state index is 6.71. The van der Waals surface area contributed by atoms with Crippen molar-refractivity contribution in [2.45, 2.75) is 70.3 Å². The maximum atomic E-state index is 6.71. The Morgan fingerprint density at radius 3 is 1.24 bits per heavy atom. The molecular formula is C36H40O5. The van der Waals surface area contributed by atoms with Crippen LogP contribution in [-0.4, -0.2) is 37.1 Å². The van der Waals surface area contributed by atoms with Gasteiger partial charge >= 0.3 is 0 Å². The molecule has 0 aliphatic carbocycles. The molecular weight excluding hydrogens is 512 g/mol. The van der Waals surface area contributed by atoms with Gasteiger partial charge in [-0.1, -0.05) is 128 Å². The number of hydrogen-bond acceptors (Lipinski definition) is 5. The van der Waals surface area contributed by atoms with Crippen molar-refractivity contribution in [2.24, 2.45) is 0 Å². The first-order valence-corrected chi connectivity index (χ1v) is 14.5. The summed E-state index contributed by atoms with van der Waals surface area (Å²) < 4.78 is 32.9. The van der Waals surface area contributed by atoms with Crippen LogP contribution in [-0.2, 0) is 50.1 Å². The van der Waals surface area contributed by atoms with E-state index >= 15 is 0 Å². The van der Waals surface area contributed by atoms with Gasteiger partial charge in [0.1, 0.15) is 24.4 Å². The van der Waals surface area contributed by atoms with Gasteiger partial charge in [-0.25, -0.2) is 0 Å². The zero-order valence-corrected chi connectivity index (χ0v) is 23.7. The highest BCUT2D eigenvalue weighted by Gasteiger charge is 2.47. The Morgan fingerprint density at radius 2 is 0.829 bits per heavy atom. The quantitative estimate of drug-likeness (QED) is 0.166. The fourth-order valence-electron chi connectivity index (χ4n) is 5.21. The summed E-state index contributed by atoms with van der Waals surface area (Å²) in [6, 6.07) is 40.9. The molecule has 1 heterocycles. The largest absolute Gasteiger partial charge is 0.374 e. The molecule has 0 saturated carbocycles. The molecule has 0 radical (unpaired) electrons. The van der Waals surface area contributed by atoms with Crippen LogP contribution < -0.4 is 0 Å². The molecule has 0 amide bonds. The highest BCUT2D eigenvalue weighted by Crippen LogP contribution is 2.32. The molecule has 1 aliphatic rings. The fraction of sp³-hybridized carbons (Fsp3) is 0.333. The van der Waals surface area contributed by atoms with E-state index in [2.05, 4.69) is 55.5 Å². The molecule has 0 unspecified atom stereocenters. The third-order valence-corrected chi connectivity index (χ3v) is 7.38. The minimum Gasteiger partial charge on any atom is -0.374 e. The summed E-state index contributed by atoms with van der Waals surface area (Å²) in [6.45, 7) is 4.39. The lowest BCUT2D eigenvalue weighted by Crippen LogP contribution is -2.61. The van der Waals surface area contributed by atoms with Gasteiger partial charge in [0.05, 0.1) is 39.1 Å². The highest BCUT2D eigenvalue weighted by molar-refractivity contribution is 5.16. The van der Waals surface area contributed by atoms with E-state index < -0.39 is 6.10 Å². The van der Waals surface area contributed by atoms with E-state index in [9.17, 15) is 0 Å². The fourth-order valence-corrected chi connectivity index (χ4v) is 5.21. The van der Waals surface area contributed by atoms with Gasteiger partial charge in [-0.2, -0.15) is 0 Å². The number of benzene rings is 4. The number of rotatable bonds is 14. The highest BCUT2D eigenvalue weighted by atomic mass is 16.6. The predicted molar refractivity (Wildman–Crippen MR) is 160 cm³/mol. The van der Waals surface area contributed by atoms with E-state index in [4.69, 9.17) is 23.7 Å². The van der Waals surface area contributed by atoms with Crippen LogP contribution in [0, 0.1) is 0 Å². The molecule has 5 atom stereocenters. The van der Waals surface area contributed by atoms with Crippen LogP contribution in [0.1, 0.15) is 35.6 Å². The Morgan fingerprint density at radius 1 is 0.463 bits per heavy atom. The Labute approximate surface area is 244 Å². The summed E-state index contributed by atoms with van der Waals surface area (Å²) in [6.07, 6.45) is -0.753. The minimum atomic E-state index is -0.390. The van der Waals surface area contributed by atoms with Gasteiger partial charge in [-0.15, -0.1) is 0 Å². The summed E-state index contributed by atoms with van der Waals surface area (Å²) in [5.74, 6) is 0. The van der Waals surface area contributed by atoms with Gasteiger partial charge in [0, 0.05) is 0 Å². The van der Waals surface area contributed by atoms with Gasteiger partial charge in [0.15, 0.2) is 0 Å². The Kier molecular flexibility index (Phi) is 11.1. The molecule has 1 aliphatic heterocycles. The summed E-state index contributed by atoms with van der Waals surface area (Å²) >= 11 is 0. The standard InChI is InChI=1S/C36H40O5/c1-2-32-34(38-24-29-17-9-4-10-18-29)36(40-26-31-21-13-6-14-22-31)35(39-25-30-19-11-5-12-20-30)33(41-32)27-37-23-28-15-7-3-8-16-28/h3-22,32-36H,2,23-27H2,1H3/t32-,33-,34+,35+,36-/m0/s1. The average Bonchev–Trinajstić information content (AvgIpc) is 3.04. The molecule has 0 N–H and O–H groups in total.